The third-order valence-electron chi connectivity index (χ3n) is 5.28. The van der Waals surface area contributed by atoms with Gasteiger partial charge in [-0.05, 0) is 50.5 Å². The Morgan fingerprint density at radius 3 is 2.83 bits per heavy atom. The summed E-state index contributed by atoms with van der Waals surface area (Å²) < 4.78 is 13.3. The second-order valence-corrected chi connectivity index (χ2v) is 7.53. The Kier molecular flexibility index (Phi) is 6.14. The second kappa shape index (κ2) is 9.13. The van der Waals surface area contributed by atoms with Crippen molar-refractivity contribution in [2.24, 2.45) is 0 Å². The molecule has 1 unspecified atom stereocenters. The summed E-state index contributed by atoms with van der Waals surface area (Å²) >= 11 is 0. The van der Waals surface area contributed by atoms with Gasteiger partial charge in [-0.1, -0.05) is 30.7 Å². The maximum atomic E-state index is 12.9. The standard InChI is InChI=1S/C24H27N3O3/c1-3-23-22(15-25-27(23)19-11-9-17(2)10-12-19)24(28)26-18-6-4-7-20(14-18)30-16-21-8-5-13-29-21/h4,6-7,9-12,14-15,21H,3,5,8,13,16H2,1-2H3,(H,26,28). The molecule has 1 aliphatic rings. The summed E-state index contributed by atoms with van der Waals surface area (Å²) in [7, 11) is 0. The lowest BCUT2D eigenvalue weighted by molar-refractivity contribution is 0.0680. The summed E-state index contributed by atoms with van der Waals surface area (Å²) in [5, 5.41) is 7.43. The van der Waals surface area contributed by atoms with Crippen molar-refractivity contribution in [2.75, 3.05) is 18.5 Å². The zero-order chi connectivity index (χ0) is 20.9. The number of benzene rings is 2. The van der Waals surface area contributed by atoms with Crippen LogP contribution in [0.15, 0.2) is 54.7 Å². The molecule has 1 atom stereocenters. The molecule has 30 heavy (non-hydrogen) atoms. The fourth-order valence-corrected chi connectivity index (χ4v) is 3.64. The van der Waals surface area contributed by atoms with Crippen LogP contribution in [-0.4, -0.2) is 35.0 Å². The predicted octanol–water partition coefficient (Wildman–Crippen LogP) is 4.55. The third-order valence-corrected chi connectivity index (χ3v) is 5.28. The first-order valence-corrected chi connectivity index (χ1v) is 10.4. The van der Waals surface area contributed by atoms with Crippen molar-refractivity contribution < 1.29 is 14.3 Å². The van der Waals surface area contributed by atoms with Gasteiger partial charge in [0.1, 0.15) is 12.4 Å². The van der Waals surface area contributed by atoms with Crippen LogP contribution < -0.4 is 10.1 Å². The molecular formula is C24H27N3O3. The molecule has 4 rings (SSSR count). The van der Waals surface area contributed by atoms with Crippen LogP contribution in [0, 0.1) is 6.92 Å². The average molecular weight is 405 g/mol. The van der Waals surface area contributed by atoms with E-state index in [0.717, 1.165) is 36.6 Å². The molecule has 1 fully saturated rings. The molecule has 6 heteroatoms. The van der Waals surface area contributed by atoms with Crippen molar-refractivity contribution in [1.29, 1.82) is 0 Å². The Labute approximate surface area is 176 Å². The van der Waals surface area contributed by atoms with E-state index < -0.39 is 0 Å². The molecule has 2 heterocycles. The Balaban J connectivity index is 1.47. The minimum absolute atomic E-state index is 0.156. The number of aromatic nitrogens is 2. The molecular weight excluding hydrogens is 378 g/mol. The monoisotopic (exact) mass is 405 g/mol. The Hall–Kier alpha value is -3.12. The fraction of sp³-hybridized carbons (Fsp3) is 0.333. The zero-order valence-electron chi connectivity index (χ0n) is 17.4. The van der Waals surface area contributed by atoms with E-state index in [1.54, 1.807) is 6.20 Å². The summed E-state index contributed by atoms with van der Waals surface area (Å²) in [5.41, 5.74) is 4.27. The minimum Gasteiger partial charge on any atom is -0.491 e. The largest absolute Gasteiger partial charge is 0.491 e. The van der Waals surface area contributed by atoms with Gasteiger partial charge in [-0.3, -0.25) is 4.79 Å². The molecule has 0 bridgehead atoms. The van der Waals surface area contributed by atoms with E-state index in [1.165, 1.54) is 5.56 Å². The van der Waals surface area contributed by atoms with E-state index in [2.05, 4.69) is 10.4 Å². The lowest BCUT2D eigenvalue weighted by Crippen LogP contribution is -2.17. The second-order valence-electron chi connectivity index (χ2n) is 7.53. The first kappa shape index (κ1) is 20.2. The minimum atomic E-state index is -0.179. The summed E-state index contributed by atoms with van der Waals surface area (Å²) in [5.74, 6) is 0.538. The molecule has 1 aromatic heterocycles. The summed E-state index contributed by atoms with van der Waals surface area (Å²) in [6.07, 6.45) is 4.59. The normalized spacial score (nSPS) is 15.9. The number of ether oxygens (including phenoxy) is 2. The van der Waals surface area contributed by atoms with Crippen LogP contribution in [0.1, 0.15) is 41.4 Å². The molecule has 0 spiro atoms. The van der Waals surface area contributed by atoms with Gasteiger partial charge in [0.05, 0.1) is 29.2 Å². The average Bonchev–Trinajstić information content (AvgIpc) is 3.43. The van der Waals surface area contributed by atoms with E-state index in [1.807, 2.05) is 67.1 Å². The van der Waals surface area contributed by atoms with E-state index in [9.17, 15) is 4.79 Å². The molecule has 2 aromatic carbocycles. The summed E-state index contributed by atoms with van der Waals surface area (Å²) in [4.78, 5) is 12.9. The van der Waals surface area contributed by atoms with Gasteiger partial charge < -0.3 is 14.8 Å². The van der Waals surface area contributed by atoms with Crippen molar-refractivity contribution in [3.05, 3.63) is 71.5 Å². The van der Waals surface area contributed by atoms with Crippen molar-refractivity contribution in [1.82, 2.24) is 9.78 Å². The molecule has 156 valence electrons. The first-order valence-electron chi connectivity index (χ1n) is 10.4. The van der Waals surface area contributed by atoms with E-state index in [4.69, 9.17) is 9.47 Å². The van der Waals surface area contributed by atoms with Crippen LogP contribution in [0.2, 0.25) is 0 Å². The zero-order valence-corrected chi connectivity index (χ0v) is 17.4. The van der Waals surface area contributed by atoms with Crippen LogP contribution in [0.5, 0.6) is 5.75 Å². The molecule has 0 saturated carbocycles. The Morgan fingerprint density at radius 1 is 1.27 bits per heavy atom. The molecule has 1 amide bonds. The quantitative estimate of drug-likeness (QED) is 0.626. The van der Waals surface area contributed by atoms with E-state index in [-0.39, 0.29) is 12.0 Å². The van der Waals surface area contributed by atoms with Crippen LogP contribution in [0.4, 0.5) is 5.69 Å². The number of rotatable bonds is 7. The van der Waals surface area contributed by atoms with Gasteiger partial charge in [0.25, 0.3) is 5.91 Å². The van der Waals surface area contributed by atoms with Crippen LogP contribution >= 0.6 is 0 Å². The smallest absolute Gasteiger partial charge is 0.259 e. The highest BCUT2D eigenvalue weighted by Crippen LogP contribution is 2.22. The van der Waals surface area contributed by atoms with Gasteiger partial charge in [-0.2, -0.15) is 5.10 Å². The number of amides is 1. The molecule has 3 aromatic rings. The number of anilines is 1. The molecule has 0 radical (unpaired) electrons. The molecule has 1 saturated heterocycles. The Bertz CT molecular complexity index is 1000. The molecule has 6 nitrogen and oxygen atoms in total. The van der Waals surface area contributed by atoms with Gasteiger partial charge in [0.2, 0.25) is 0 Å². The van der Waals surface area contributed by atoms with Crippen molar-refractivity contribution in [3.8, 4) is 11.4 Å². The number of aryl methyl sites for hydroxylation is 1. The first-order chi connectivity index (χ1) is 14.6. The number of hydrogen-bond acceptors (Lipinski definition) is 4. The van der Waals surface area contributed by atoms with Gasteiger partial charge in [0, 0.05) is 18.4 Å². The Morgan fingerprint density at radius 2 is 2.10 bits per heavy atom. The van der Waals surface area contributed by atoms with Crippen LogP contribution in [0.25, 0.3) is 5.69 Å². The highest BCUT2D eigenvalue weighted by Gasteiger charge is 2.18. The van der Waals surface area contributed by atoms with Crippen LogP contribution in [0.3, 0.4) is 0 Å². The van der Waals surface area contributed by atoms with Gasteiger partial charge in [-0.25, -0.2) is 4.68 Å². The molecule has 1 N–H and O–H groups in total. The van der Waals surface area contributed by atoms with Crippen molar-refractivity contribution in [3.63, 3.8) is 0 Å². The van der Waals surface area contributed by atoms with Crippen molar-refractivity contribution in [2.45, 2.75) is 39.2 Å². The fourth-order valence-electron chi connectivity index (χ4n) is 3.64. The SMILES string of the molecule is CCc1c(C(=O)Nc2cccc(OCC3CCCO3)c2)cnn1-c1ccc(C)cc1. The topological polar surface area (TPSA) is 65.4 Å². The van der Waals surface area contributed by atoms with Crippen LogP contribution in [-0.2, 0) is 11.2 Å². The molecule has 1 aliphatic heterocycles. The predicted molar refractivity (Wildman–Crippen MR) is 117 cm³/mol. The lowest BCUT2D eigenvalue weighted by Gasteiger charge is -2.13. The summed E-state index contributed by atoms with van der Waals surface area (Å²) in [6, 6.07) is 15.6. The summed E-state index contributed by atoms with van der Waals surface area (Å²) in [6.45, 7) is 5.41. The van der Waals surface area contributed by atoms with Crippen molar-refractivity contribution >= 4 is 11.6 Å². The number of nitrogens with zero attached hydrogens (tertiary/aromatic N) is 2. The third kappa shape index (κ3) is 4.54. The highest BCUT2D eigenvalue weighted by atomic mass is 16.5. The van der Waals surface area contributed by atoms with Gasteiger partial charge in [-0.15, -0.1) is 0 Å². The molecule has 0 aliphatic carbocycles. The van der Waals surface area contributed by atoms with E-state index in [0.29, 0.717) is 24.3 Å². The number of carbonyl (C=O) groups is 1. The highest BCUT2D eigenvalue weighted by molar-refractivity contribution is 6.05. The number of carbonyl (C=O) groups excluding carboxylic acids is 1. The lowest BCUT2D eigenvalue weighted by atomic mass is 10.1. The van der Waals surface area contributed by atoms with Gasteiger partial charge >= 0.3 is 0 Å². The maximum absolute atomic E-state index is 12.9. The number of nitrogens with one attached hydrogen (secondary N) is 1. The number of hydrogen-bond donors (Lipinski definition) is 1. The van der Waals surface area contributed by atoms with E-state index >= 15 is 0 Å². The maximum Gasteiger partial charge on any atom is 0.259 e. The van der Waals surface area contributed by atoms with Gasteiger partial charge in [0.15, 0.2) is 0 Å².